The molecule has 4 aromatic rings. The van der Waals surface area contributed by atoms with Gasteiger partial charge in [-0.2, -0.15) is 15.1 Å². The van der Waals surface area contributed by atoms with E-state index in [1.807, 2.05) is 55.6 Å². The highest BCUT2D eigenvalue weighted by molar-refractivity contribution is 8.27. The van der Waals surface area contributed by atoms with E-state index in [1.165, 1.54) is 27.9 Å². The van der Waals surface area contributed by atoms with Gasteiger partial charge in [0.2, 0.25) is 5.17 Å². The Morgan fingerprint density at radius 2 is 1.81 bits per heavy atom. The van der Waals surface area contributed by atoms with E-state index < -0.39 is 5.91 Å². The van der Waals surface area contributed by atoms with Gasteiger partial charge in [0.25, 0.3) is 5.91 Å². The van der Waals surface area contributed by atoms with Crippen LogP contribution in [-0.2, 0) is 11.3 Å². The van der Waals surface area contributed by atoms with Crippen molar-refractivity contribution in [2.45, 2.75) is 20.4 Å². The number of aryl methyl sites for hydroxylation is 2. The molecule has 0 radical (unpaired) electrons. The maximum atomic E-state index is 13.0. The molecule has 7 heteroatoms. The number of amidine groups is 2. The number of amides is 1. The number of aliphatic imine (C=N–C) groups is 1. The van der Waals surface area contributed by atoms with E-state index in [0.717, 1.165) is 32.6 Å². The number of fused-ring (bicyclic) bond motifs is 2. The van der Waals surface area contributed by atoms with E-state index in [0.29, 0.717) is 11.7 Å². The van der Waals surface area contributed by atoms with Crippen LogP contribution in [0.25, 0.3) is 17.0 Å². The van der Waals surface area contributed by atoms with Gasteiger partial charge in [0.05, 0.1) is 5.57 Å². The summed E-state index contributed by atoms with van der Waals surface area (Å²) in [5, 5.41) is 17.1. The Bertz CT molecular complexity index is 1660. The monoisotopic (exact) mass is 489 g/mol. The molecule has 1 amide bonds. The third-order valence-electron chi connectivity index (χ3n) is 6.38. The minimum atomic E-state index is -0.421. The molecular formula is C29H23N5OS. The van der Waals surface area contributed by atoms with Gasteiger partial charge < -0.3 is 4.57 Å². The number of rotatable bonds is 4. The lowest BCUT2D eigenvalue weighted by Gasteiger charge is -2.20. The lowest BCUT2D eigenvalue weighted by atomic mass is 10.1. The third kappa shape index (κ3) is 3.87. The molecule has 0 saturated carbocycles. The molecule has 3 aromatic carbocycles. The van der Waals surface area contributed by atoms with Crippen molar-refractivity contribution in [1.82, 2.24) is 9.58 Å². The molecule has 2 aliphatic rings. The summed E-state index contributed by atoms with van der Waals surface area (Å²) in [4.78, 5) is 17.3. The molecule has 0 spiro atoms. The van der Waals surface area contributed by atoms with Crippen LogP contribution in [0.1, 0.15) is 27.8 Å². The first-order chi connectivity index (χ1) is 17.5. The number of hydrogen-bond acceptors (Lipinski definition) is 4. The van der Waals surface area contributed by atoms with Gasteiger partial charge in [-0.3, -0.25) is 10.2 Å². The Morgan fingerprint density at radius 1 is 1.00 bits per heavy atom. The number of para-hydroxylation sites is 1. The molecule has 0 unspecified atom stereocenters. The summed E-state index contributed by atoms with van der Waals surface area (Å²) in [6.07, 6.45) is 3.81. The van der Waals surface area contributed by atoms with Crippen molar-refractivity contribution >= 4 is 50.7 Å². The van der Waals surface area contributed by atoms with Crippen molar-refractivity contribution in [3.8, 4) is 0 Å². The van der Waals surface area contributed by atoms with Crippen LogP contribution in [0.3, 0.4) is 0 Å². The Balaban J connectivity index is 1.38. The Labute approximate surface area is 213 Å². The van der Waals surface area contributed by atoms with Gasteiger partial charge in [-0.25, -0.2) is 0 Å². The van der Waals surface area contributed by atoms with Crippen LogP contribution < -0.4 is 0 Å². The number of benzene rings is 3. The molecule has 3 heterocycles. The second-order valence-corrected chi connectivity index (χ2v) is 9.91. The minimum Gasteiger partial charge on any atom is -0.342 e. The van der Waals surface area contributed by atoms with E-state index in [2.05, 4.69) is 51.9 Å². The molecule has 0 saturated heterocycles. The Kier molecular flexibility index (Phi) is 5.42. The first-order valence-electron chi connectivity index (χ1n) is 11.7. The average molecular weight is 490 g/mol. The summed E-state index contributed by atoms with van der Waals surface area (Å²) < 4.78 is 2.18. The second-order valence-electron chi connectivity index (χ2n) is 8.96. The summed E-state index contributed by atoms with van der Waals surface area (Å²) in [7, 11) is 0. The number of nitrogens with one attached hydrogen (secondary N) is 1. The van der Waals surface area contributed by atoms with Crippen LogP contribution in [-0.4, -0.2) is 31.5 Å². The predicted molar refractivity (Wildman–Crippen MR) is 148 cm³/mol. The molecule has 6 rings (SSSR count). The lowest BCUT2D eigenvalue weighted by molar-refractivity contribution is -0.114. The molecule has 36 heavy (non-hydrogen) atoms. The van der Waals surface area contributed by atoms with E-state index in [4.69, 9.17) is 5.41 Å². The highest BCUT2D eigenvalue weighted by atomic mass is 32.2. The van der Waals surface area contributed by atoms with Crippen molar-refractivity contribution < 1.29 is 4.79 Å². The van der Waals surface area contributed by atoms with Crippen molar-refractivity contribution in [3.63, 3.8) is 0 Å². The molecule has 1 aromatic heterocycles. The second kappa shape index (κ2) is 8.77. The Hall–Kier alpha value is -4.23. The number of aromatic nitrogens is 1. The lowest BCUT2D eigenvalue weighted by Crippen LogP contribution is -2.35. The van der Waals surface area contributed by atoms with Crippen LogP contribution in [0.15, 0.2) is 94.7 Å². The first kappa shape index (κ1) is 22.2. The van der Waals surface area contributed by atoms with Crippen molar-refractivity contribution in [3.05, 3.63) is 112 Å². The first-order valence-corrected chi connectivity index (χ1v) is 12.5. The van der Waals surface area contributed by atoms with Crippen molar-refractivity contribution in [2.75, 3.05) is 0 Å². The standard InChI is InChI=1S/C29H23N5OS/c1-18-8-7-10-20(14-18)16-33-17-21(23-12-5-6-13-25(23)33)15-24-26(30)34-29(31-27(24)35)36-28(32-34)22-11-4-3-9-19(22)2/h3-15,17,30H,16H2,1-2H3/b24-15-,30-26?. The van der Waals surface area contributed by atoms with Crippen LogP contribution in [0.2, 0.25) is 0 Å². The summed E-state index contributed by atoms with van der Waals surface area (Å²) in [5.41, 5.74) is 6.66. The zero-order valence-electron chi connectivity index (χ0n) is 19.9. The van der Waals surface area contributed by atoms with Crippen LogP contribution in [0.5, 0.6) is 0 Å². The summed E-state index contributed by atoms with van der Waals surface area (Å²) in [6, 6.07) is 24.5. The molecule has 0 aliphatic carbocycles. The number of thioether (sulfide) groups is 1. The van der Waals surface area contributed by atoms with Gasteiger partial charge in [0, 0.05) is 34.8 Å². The fourth-order valence-corrected chi connectivity index (χ4v) is 5.58. The minimum absolute atomic E-state index is 0.0385. The van der Waals surface area contributed by atoms with Crippen molar-refractivity contribution in [2.24, 2.45) is 10.1 Å². The fraction of sp³-hybridized carbons (Fsp3) is 0.103. The van der Waals surface area contributed by atoms with E-state index in [9.17, 15) is 4.79 Å². The summed E-state index contributed by atoms with van der Waals surface area (Å²) >= 11 is 1.32. The smallest absolute Gasteiger partial charge is 0.283 e. The number of hydrazone groups is 1. The SMILES string of the molecule is Cc1cccc(Cn2cc(/C=C3/C(=N)N4N=C(c5ccccc5C)SC4=NC3=O)c3ccccc32)c1. The maximum absolute atomic E-state index is 13.0. The number of carbonyl (C=O) groups is 1. The molecule has 0 bridgehead atoms. The molecule has 1 N–H and O–H groups in total. The van der Waals surface area contributed by atoms with Crippen molar-refractivity contribution in [1.29, 1.82) is 5.41 Å². The highest BCUT2D eigenvalue weighted by Crippen LogP contribution is 2.33. The number of hydrogen-bond donors (Lipinski definition) is 1. The van der Waals surface area contributed by atoms with Crippen LogP contribution in [0.4, 0.5) is 0 Å². The van der Waals surface area contributed by atoms with E-state index in [1.54, 1.807) is 6.08 Å². The van der Waals surface area contributed by atoms with Gasteiger partial charge in [-0.15, -0.1) is 0 Å². The van der Waals surface area contributed by atoms with Crippen LogP contribution >= 0.6 is 11.8 Å². The molecule has 6 nitrogen and oxygen atoms in total. The van der Waals surface area contributed by atoms with Gasteiger partial charge in [0.1, 0.15) is 5.04 Å². The Morgan fingerprint density at radius 3 is 2.64 bits per heavy atom. The zero-order chi connectivity index (χ0) is 24.8. The maximum Gasteiger partial charge on any atom is 0.283 e. The van der Waals surface area contributed by atoms with Gasteiger partial charge in [0.15, 0.2) is 5.84 Å². The van der Waals surface area contributed by atoms with Gasteiger partial charge in [-0.1, -0.05) is 72.3 Å². The average Bonchev–Trinajstić information content (AvgIpc) is 3.44. The quantitative estimate of drug-likeness (QED) is 0.359. The molecule has 2 aliphatic heterocycles. The van der Waals surface area contributed by atoms with Gasteiger partial charge in [-0.05, 0) is 48.9 Å². The zero-order valence-corrected chi connectivity index (χ0v) is 20.7. The molecular weight excluding hydrogens is 466 g/mol. The normalized spacial score (nSPS) is 16.5. The van der Waals surface area contributed by atoms with Crippen LogP contribution in [0, 0.1) is 19.3 Å². The summed E-state index contributed by atoms with van der Waals surface area (Å²) in [6.45, 7) is 4.82. The summed E-state index contributed by atoms with van der Waals surface area (Å²) in [5.74, 6) is -0.382. The molecule has 0 atom stereocenters. The topological polar surface area (TPSA) is 73.8 Å². The largest absolute Gasteiger partial charge is 0.342 e. The van der Waals surface area contributed by atoms with E-state index >= 15 is 0 Å². The van der Waals surface area contributed by atoms with Gasteiger partial charge >= 0.3 is 0 Å². The predicted octanol–water partition coefficient (Wildman–Crippen LogP) is 5.97. The molecule has 176 valence electrons. The fourth-order valence-electron chi connectivity index (χ4n) is 4.60. The van der Waals surface area contributed by atoms with E-state index in [-0.39, 0.29) is 11.4 Å². The highest BCUT2D eigenvalue weighted by Gasteiger charge is 2.36. The number of carbonyl (C=O) groups excluding carboxylic acids is 1. The molecule has 0 fully saturated rings. The number of nitrogens with zero attached hydrogens (tertiary/aromatic N) is 4. The third-order valence-corrected chi connectivity index (χ3v) is 7.33.